The van der Waals surface area contributed by atoms with Gasteiger partial charge in [-0.1, -0.05) is 11.3 Å². The van der Waals surface area contributed by atoms with Crippen LogP contribution in [0.25, 0.3) is 6.08 Å². The number of carbonyl (C=O) groups excluding carboxylic acids is 1. The predicted molar refractivity (Wildman–Crippen MR) is 70.2 cm³/mol. The van der Waals surface area contributed by atoms with Gasteiger partial charge in [-0.25, -0.2) is 9.78 Å². The quantitative estimate of drug-likeness (QED) is 0.838. The molecule has 0 aliphatic rings. The van der Waals surface area contributed by atoms with Crippen molar-refractivity contribution in [1.29, 1.82) is 0 Å². The number of carbonyl (C=O) groups is 2. The van der Waals surface area contributed by atoms with Gasteiger partial charge in [-0.2, -0.15) is 0 Å². The van der Waals surface area contributed by atoms with Crippen molar-refractivity contribution in [2.75, 3.05) is 5.32 Å². The van der Waals surface area contributed by atoms with Gasteiger partial charge in [0, 0.05) is 17.2 Å². The topological polar surface area (TPSA) is 92.4 Å². The third kappa shape index (κ3) is 3.52. The van der Waals surface area contributed by atoms with Gasteiger partial charge in [-0.15, -0.1) is 0 Å². The minimum absolute atomic E-state index is 0.204. The van der Waals surface area contributed by atoms with E-state index in [2.05, 4.69) is 10.3 Å². The molecule has 6 nitrogen and oxygen atoms in total. The Morgan fingerprint density at radius 2 is 2.26 bits per heavy atom. The van der Waals surface area contributed by atoms with Crippen molar-refractivity contribution < 1.29 is 19.1 Å². The molecule has 0 spiro atoms. The van der Waals surface area contributed by atoms with Crippen LogP contribution < -0.4 is 5.32 Å². The maximum atomic E-state index is 11.8. The fourth-order valence-corrected chi connectivity index (χ4v) is 2.00. The lowest BCUT2D eigenvalue weighted by Crippen LogP contribution is -2.10. The molecule has 0 aromatic carbocycles. The zero-order valence-electron chi connectivity index (χ0n) is 9.91. The first-order valence-electron chi connectivity index (χ1n) is 5.29. The number of nitrogens with zero attached hydrogens (tertiary/aromatic N) is 1. The van der Waals surface area contributed by atoms with E-state index < -0.39 is 11.9 Å². The van der Waals surface area contributed by atoms with E-state index in [1.165, 1.54) is 23.6 Å². The van der Waals surface area contributed by atoms with Crippen molar-refractivity contribution in [3.8, 4) is 0 Å². The smallest absolute Gasteiger partial charge is 0.328 e. The molecular formula is C12H10N2O4S. The number of rotatable bonds is 4. The lowest BCUT2D eigenvalue weighted by Gasteiger charge is -1.96. The summed E-state index contributed by atoms with van der Waals surface area (Å²) in [4.78, 5) is 26.7. The lowest BCUT2D eigenvalue weighted by molar-refractivity contribution is -0.131. The maximum Gasteiger partial charge on any atom is 0.328 e. The van der Waals surface area contributed by atoms with Crippen LogP contribution >= 0.6 is 11.3 Å². The minimum Gasteiger partial charge on any atom is -0.478 e. The number of aromatic nitrogens is 1. The number of aryl methyl sites for hydroxylation is 1. The van der Waals surface area contributed by atoms with Crippen LogP contribution in [0.5, 0.6) is 0 Å². The van der Waals surface area contributed by atoms with E-state index in [-0.39, 0.29) is 5.76 Å². The highest BCUT2D eigenvalue weighted by atomic mass is 32.1. The van der Waals surface area contributed by atoms with Crippen molar-refractivity contribution in [1.82, 2.24) is 4.98 Å². The Bertz CT molecular complexity index is 642. The molecule has 19 heavy (non-hydrogen) atoms. The van der Waals surface area contributed by atoms with Crippen LogP contribution in [0.15, 0.2) is 28.8 Å². The third-order valence-electron chi connectivity index (χ3n) is 2.10. The molecule has 2 heterocycles. The van der Waals surface area contributed by atoms with E-state index in [1.54, 1.807) is 19.1 Å². The fourth-order valence-electron chi connectivity index (χ4n) is 1.29. The van der Waals surface area contributed by atoms with Gasteiger partial charge in [-0.3, -0.25) is 10.1 Å². The molecule has 0 saturated heterocycles. The summed E-state index contributed by atoms with van der Waals surface area (Å²) in [6.45, 7) is 1.75. The van der Waals surface area contributed by atoms with Crippen LogP contribution in [0, 0.1) is 6.92 Å². The Balaban J connectivity index is 2.04. The molecule has 2 rings (SSSR count). The van der Waals surface area contributed by atoms with Gasteiger partial charge in [0.05, 0.1) is 0 Å². The number of thiazole rings is 1. The Morgan fingerprint density at radius 1 is 1.47 bits per heavy atom. The maximum absolute atomic E-state index is 11.8. The normalized spacial score (nSPS) is 10.8. The number of hydrogen-bond donors (Lipinski definition) is 2. The van der Waals surface area contributed by atoms with E-state index in [4.69, 9.17) is 9.52 Å². The van der Waals surface area contributed by atoms with Crippen molar-refractivity contribution >= 4 is 34.4 Å². The van der Waals surface area contributed by atoms with E-state index in [1.807, 2.05) is 0 Å². The summed E-state index contributed by atoms with van der Waals surface area (Å²) in [5.41, 5.74) is 0. The standard InChI is InChI=1S/C12H10N2O4S/c1-7-2-4-9(18-7)11(17)14-12-13-6-8(19-12)3-5-10(15)16/h2-6H,1H3,(H,15,16)(H,13,14,17)/b5-3+. The van der Waals surface area contributed by atoms with Crippen LogP contribution in [0.3, 0.4) is 0 Å². The van der Waals surface area contributed by atoms with Crippen LogP contribution in [0.4, 0.5) is 5.13 Å². The largest absolute Gasteiger partial charge is 0.478 e. The third-order valence-corrected chi connectivity index (χ3v) is 2.98. The Kier molecular flexibility index (Phi) is 3.76. The summed E-state index contributed by atoms with van der Waals surface area (Å²) in [5.74, 6) is -0.578. The summed E-state index contributed by atoms with van der Waals surface area (Å²) >= 11 is 1.17. The monoisotopic (exact) mass is 278 g/mol. The molecule has 0 radical (unpaired) electrons. The van der Waals surface area contributed by atoms with Gasteiger partial charge < -0.3 is 9.52 Å². The van der Waals surface area contributed by atoms with Crippen LogP contribution in [-0.2, 0) is 4.79 Å². The van der Waals surface area contributed by atoms with Crippen molar-refractivity contribution in [2.45, 2.75) is 6.92 Å². The Labute approximate surface area is 112 Å². The highest BCUT2D eigenvalue weighted by Crippen LogP contribution is 2.20. The summed E-state index contributed by atoms with van der Waals surface area (Å²) in [6.07, 6.45) is 3.90. The molecule has 0 bridgehead atoms. The number of nitrogens with one attached hydrogen (secondary N) is 1. The molecule has 98 valence electrons. The number of carboxylic acids is 1. The lowest BCUT2D eigenvalue weighted by atomic mass is 10.4. The average molecular weight is 278 g/mol. The zero-order chi connectivity index (χ0) is 13.8. The first-order valence-corrected chi connectivity index (χ1v) is 6.11. The molecule has 0 saturated carbocycles. The highest BCUT2D eigenvalue weighted by Gasteiger charge is 2.11. The van der Waals surface area contributed by atoms with E-state index in [0.29, 0.717) is 15.8 Å². The Hall–Kier alpha value is -2.41. The molecule has 2 N–H and O–H groups in total. The molecule has 7 heteroatoms. The molecule has 2 aromatic rings. The Morgan fingerprint density at radius 3 is 2.89 bits per heavy atom. The minimum atomic E-state index is -1.04. The van der Waals surface area contributed by atoms with E-state index >= 15 is 0 Å². The molecule has 0 aliphatic carbocycles. The van der Waals surface area contributed by atoms with Crippen molar-refractivity contribution in [3.63, 3.8) is 0 Å². The van der Waals surface area contributed by atoms with Crippen LogP contribution in [0.1, 0.15) is 21.2 Å². The van der Waals surface area contributed by atoms with Gasteiger partial charge in [0.1, 0.15) is 5.76 Å². The first kappa shape index (κ1) is 13.0. The van der Waals surface area contributed by atoms with Crippen LogP contribution in [0.2, 0.25) is 0 Å². The van der Waals surface area contributed by atoms with Gasteiger partial charge in [0.15, 0.2) is 10.9 Å². The van der Waals surface area contributed by atoms with Gasteiger partial charge in [0.25, 0.3) is 5.91 Å². The van der Waals surface area contributed by atoms with E-state index in [0.717, 1.165) is 6.08 Å². The number of furan rings is 1. The second kappa shape index (κ2) is 5.49. The average Bonchev–Trinajstić information content (AvgIpc) is 2.95. The summed E-state index contributed by atoms with van der Waals surface area (Å²) < 4.78 is 5.18. The number of hydrogen-bond acceptors (Lipinski definition) is 5. The highest BCUT2D eigenvalue weighted by molar-refractivity contribution is 7.16. The molecule has 0 fully saturated rings. The molecule has 2 aromatic heterocycles. The first-order chi connectivity index (χ1) is 9.04. The molecule has 0 aliphatic heterocycles. The zero-order valence-corrected chi connectivity index (χ0v) is 10.7. The second-order valence-electron chi connectivity index (χ2n) is 3.60. The fraction of sp³-hybridized carbons (Fsp3) is 0.0833. The van der Waals surface area contributed by atoms with Gasteiger partial charge in [-0.05, 0) is 25.1 Å². The molecule has 0 unspecified atom stereocenters. The van der Waals surface area contributed by atoms with Crippen molar-refractivity contribution in [3.05, 3.63) is 40.8 Å². The summed E-state index contributed by atoms with van der Waals surface area (Å²) in [5, 5.41) is 11.4. The van der Waals surface area contributed by atoms with Gasteiger partial charge in [0.2, 0.25) is 0 Å². The number of carboxylic acid groups (broad SMARTS) is 1. The predicted octanol–water partition coefficient (Wildman–Crippen LogP) is 2.39. The van der Waals surface area contributed by atoms with E-state index in [9.17, 15) is 9.59 Å². The number of anilines is 1. The number of amides is 1. The van der Waals surface area contributed by atoms with Gasteiger partial charge >= 0.3 is 5.97 Å². The molecule has 0 atom stereocenters. The molecular weight excluding hydrogens is 268 g/mol. The SMILES string of the molecule is Cc1ccc(C(=O)Nc2ncc(/C=C/C(=O)O)s2)o1. The summed E-state index contributed by atoms with van der Waals surface area (Å²) in [6, 6.07) is 3.27. The summed E-state index contributed by atoms with van der Waals surface area (Å²) in [7, 11) is 0. The number of aliphatic carboxylic acids is 1. The van der Waals surface area contributed by atoms with Crippen molar-refractivity contribution in [2.24, 2.45) is 0 Å². The molecule has 1 amide bonds. The second-order valence-corrected chi connectivity index (χ2v) is 4.67. The van der Waals surface area contributed by atoms with Crippen LogP contribution in [-0.4, -0.2) is 22.0 Å².